The van der Waals surface area contributed by atoms with Crippen molar-refractivity contribution in [3.63, 3.8) is 0 Å². The summed E-state index contributed by atoms with van der Waals surface area (Å²) in [4.78, 5) is 0. The topological polar surface area (TPSA) is 12.0 Å². The van der Waals surface area contributed by atoms with E-state index < -0.39 is 0 Å². The van der Waals surface area contributed by atoms with Crippen LogP contribution in [0.2, 0.25) is 0 Å². The van der Waals surface area contributed by atoms with Gasteiger partial charge < -0.3 is 5.32 Å². The van der Waals surface area contributed by atoms with Crippen LogP contribution >= 0.6 is 0 Å². The second-order valence-corrected chi connectivity index (χ2v) is 9.82. The second kappa shape index (κ2) is 9.96. The molecule has 0 atom stereocenters. The fourth-order valence-corrected chi connectivity index (χ4v) is 5.68. The first kappa shape index (κ1) is 23.0. The van der Waals surface area contributed by atoms with E-state index in [0.717, 1.165) is 11.4 Å². The molecule has 0 aliphatic rings. The number of benzene rings is 7. The molecule has 0 spiro atoms. The number of rotatable bonds is 5. The lowest BCUT2D eigenvalue weighted by atomic mass is 9.88. The Kier molecular flexibility index (Phi) is 5.88. The Morgan fingerprint density at radius 2 is 0.795 bits per heavy atom. The number of hydrogen-bond acceptors (Lipinski definition) is 1. The summed E-state index contributed by atoms with van der Waals surface area (Å²) >= 11 is 0. The SMILES string of the molecule is c1ccc(-c2ccccc2Nc2cccc(-c3cccc4ccccc34)c2-c2cccc3ccccc23)cc1. The van der Waals surface area contributed by atoms with Gasteiger partial charge in [-0.2, -0.15) is 0 Å². The Morgan fingerprint density at radius 1 is 0.308 bits per heavy atom. The molecule has 1 heteroatoms. The first-order valence-electron chi connectivity index (χ1n) is 13.4. The largest absolute Gasteiger partial charge is 0.354 e. The fraction of sp³-hybridized carbons (Fsp3) is 0. The molecule has 0 radical (unpaired) electrons. The summed E-state index contributed by atoms with van der Waals surface area (Å²) in [5.74, 6) is 0. The fourth-order valence-electron chi connectivity index (χ4n) is 5.68. The Labute approximate surface area is 229 Å². The summed E-state index contributed by atoms with van der Waals surface area (Å²) in [6.07, 6.45) is 0. The van der Waals surface area contributed by atoms with Crippen molar-refractivity contribution in [2.75, 3.05) is 5.32 Å². The van der Waals surface area contributed by atoms with Gasteiger partial charge in [0.25, 0.3) is 0 Å². The molecule has 39 heavy (non-hydrogen) atoms. The van der Waals surface area contributed by atoms with E-state index in [1.165, 1.54) is 54.9 Å². The van der Waals surface area contributed by atoms with Gasteiger partial charge in [-0.15, -0.1) is 0 Å². The highest BCUT2D eigenvalue weighted by Crippen LogP contribution is 2.44. The molecule has 7 aromatic carbocycles. The molecule has 0 saturated carbocycles. The van der Waals surface area contributed by atoms with Gasteiger partial charge in [-0.25, -0.2) is 0 Å². The highest BCUT2D eigenvalue weighted by molar-refractivity contribution is 6.08. The maximum atomic E-state index is 3.86. The van der Waals surface area contributed by atoms with Crippen molar-refractivity contribution < 1.29 is 0 Å². The smallest absolute Gasteiger partial charge is 0.0470 e. The lowest BCUT2D eigenvalue weighted by Crippen LogP contribution is -1.98. The quantitative estimate of drug-likeness (QED) is 0.249. The molecule has 0 amide bonds. The van der Waals surface area contributed by atoms with Gasteiger partial charge in [0.15, 0.2) is 0 Å². The third kappa shape index (κ3) is 4.24. The van der Waals surface area contributed by atoms with Crippen LogP contribution in [-0.2, 0) is 0 Å². The zero-order valence-corrected chi connectivity index (χ0v) is 21.5. The Bertz CT molecular complexity index is 1920. The molecule has 0 heterocycles. The van der Waals surface area contributed by atoms with Gasteiger partial charge in [0.05, 0.1) is 0 Å². The lowest BCUT2D eigenvalue weighted by Gasteiger charge is -2.21. The number of para-hydroxylation sites is 1. The lowest BCUT2D eigenvalue weighted by molar-refractivity contribution is 1.52. The molecule has 0 fully saturated rings. The van der Waals surface area contributed by atoms with E-state index in [1.54, 1.807) is 0 Å². The van der Waals surface area contributed by atoms with Crippen molar-refractivity contribution in [3.8, 4) is 33.4 Å². The molecule has 0 aliphatic heterocycles. The third-order valence-corrected chi connectivity index (χ3v) is 7.48. The van der Waals surface area contributed by atoms with Crippen LogP contribution in [0.25, 0.3) is 54.9 Å². The van der Waals surface area contributed by atoms with Crippen molar-refractivity contribution in [3.05, 3.63) is 158 Å². The molecule has 184 valence electrons. The van der Waals surface area contributed by atoms with E-state index in [9.17, 15) is 0 Å². The van der Waals surface area contributed by atoms with Gasteiger partial charge in [0, 0.05) is 22.5 Å². The minimum absolute atomic E-state index is 1.08. The minimum Gasteiger partial charge on any atom is -0.354 e. The van der Waals surface area contributed by atoms with Gasteiger partial charge >= 0.3 is 0 Å². The molecule has 0 aromatic heterocycles. The molecule has 1 nitrogen and oxygen atoms in total. The zero-order valence-electron chi connectivity index (χ0n) is 21.5. The molecular weight excluding hydrogens is 470 g/mol. The molecule has 1 N–H and O–H groups in total. The van der Waals surface area contributed by atoms with Crippen molar-refractivity contribution in [2.45, 2.75) is 0 Å². The summed E-state index contributed by atoms with van der Waals surface area (Å²) in [6, 6.07) is 56.3. The van der Waals surface area contributed by atoms with Crippen LogP contribution in [0.5, 0.6) is 0 Å². The second-order valence-electron chi connectivity index (χ2n) is 9.82. The minimum atomic E-state index is 1.08. The van der Waals surface area contributed by atoms with E-state index in [2.05, 4.69) is 163 Å². The summed E-state index contributed by atoms with van der Waals surface area (Å²) in [6.45, 7) is 0. The highest BCUT2D eigenvalue weighted by Gasteiger charge is 2.17. The third-order valence-electron chi connectivity index (χ3n) is 7.48. The number of anilines is 2. The van der Waals surface area contributed by atoms with E-state index in [4.69, 9.17) is 0 Å². The molecular formula is C38H27N. The van der Waals surface area contributed by atoms with Gasteiger partial charge in [-0.1, -0.05) is 146 Å². The van der Waals surface area contributed by atoms with Crippen molar-refractivity contribution in [1.82, 2.24) is 0 Å². The monoisotopic (exact) mass is 497 g/mol. The highest BCUT2D eigenvalue weighted by atomic mass is 14.9. The van der Waals surface area contributed by atoms with E-state index in [1.807, 2.05) is 0 Å². The van der Waals surface area contributed by atoms with E-state index >= 15 is 0 Å². The molecule has 0 saturated heterocycles. The summed E-state index contributed by atoms with van der Waals surface area (Å²) in [7, 11) is 0. The van der Waals surface area contributed by atoms with Crippen molar-refractivity contribution in [1.29, 1.82) is 0 Å². The first-order chi connectivity index (χ1) is 19.4. The predicted molar refractivity (Wildman–Crippen MR) is 167 cm³/mol. The Balaban J connectivity index is 1.50. The zero-order chi connectivity index (χ0) is 26.0. The normalized spacial score (nSPS) is 11.1. The van der Waals surface area contributed by atoms with Gasteiger partial charge in [0.2, 0.25) is 0 Å². The summed E-state index contributed by atoms with van der Waals surface area (Å²) in [5.41, 5.74) is 9.40. The van der Waals surface area contributed by atoms with Crippen LogP contribution in [0.4, 0.5) is 11.4 Å². The van der Waals surface area contributed by atoms with Crippen molar-refractivity contribution in [2.24, 2.45) is 0 Å². The maximum Gasteiger partial charge on any atom is 0.0470 e. The summed E-state index contributed by atoms with van der Waals surface area (Å²) < 4.78 is 0. The molecule has 7 rings (SSSR count). The number of hydrogen-bond donors (Lipinski definition) is 1. The summed E-state index contributed by atoms with van der Waals surface area (Å²) in [5, 5.41) is 8.83. The van der Waals surface area contributed by atoms with Crippen LogP contribution < -0.4 is 5.32 Å². The predicted octanol–water partition coefficient (Wildman–Crippen LogP) is 10.7. The van der Waals surface area contributed by atoms with E-state index in [0.29, 0.717) is 0 Å². The average molecular weight is 498 g/mol. The Hall–Kier alpha value is -5.14. The van der Waals surface area contributed by atoms with Crippen molar-refractivity contribution >= 4 is 32.9 Å². The van der Waals surface area contributed by atoms with Crippen LogP contribution in [0.3, 0.4) is 0 Å². The maximum absolute atomic E-state index is 3.86. The standard InChI is InChI=1S/C38H27N/c1-2-13-29(14-3-1)32-21-8-9-25-36(32)39-37-26-12-24-35(33-22-10-17-27-15-4-6-19-30(27)33)38(37)34-23-11-18-28-16-5-7-20-31(28)34/h1-26,39H. The molecule has 0 bridgehead atoms. The molecule has 0 aliphatic carbocycles. The van der Waals surface area contributed by atoms with E-state index in [-0.39, 0.29) is 0 Å². The van der Waals surface area contributed by atoms with Gasteiger partial charge in [0.1, 0.15) is 0 Å². The van der Waals surface area contributed by atoms with Crippen LogP contribution in [-0.4, -0.2) is 0 Å². The molecule has 7 aromatic rings. The van der Waals surface area contributed by atoms with Crippen LogP contribution in [0.1, 0.15) is 0 Å². The van der Waals surface area contributed by atoms with Gasteiger partial charge in [-0.3, -0.25) is 0 Å². The van der Waals surface area contributed by atoms with Crippen LogP contribution in [0.15, 0.2) is 158 Å². The number of fused-ring (bicyclic) bond motifs is 2. The first-order valence-corrected chi connectivity index (χ1v) is 13.4. The van der Waals surface area contributed by atoms with Gasteiger partial charge in [-0.05, 0) is 55.9 Å². The molecule has 0 unspecified atom stereocenters. The Morgan fingerprint density at radius 3 is 1.56 bits per heavy atom. The average Bonchev–Trinajstić information content (AvgIpc) is 3.01. The van der Waals surface area contributed by atoms with Crippen LogP contribution in [0, 0.1) is 0 Å². The number of nitrogens with one attached hydrogen (secondary N) is 1.